The molecule has 3 aromatic carbocycles. The number of aliphatic carboxylic acids is 1. The molecule has 1 fully saturated rings. The molecule has 0 bridgehead atoms. The van der Waals surface area contributed by atoms with E-state index in [1.165, 1.54) is 0 Å². The van der Waals surface area contributed by atoms with Crippen molar-refractivity contribution in [2.45, 2.75) is 37.6 Å². The van der Waals surface area contributed by atoms with Crippen LogP contribution in [0.25, 0.3) is 0 Å². The molecule has 1 saturated heterocycles. The second-order valence-electron chi connectivity index (χ2n) is 8.03. The van der Waals surface area contributed by atoms with Crippen molar-refractivity contribution < 1.29 is 19.4 Å². The molecule has 0 radical (unpaired) electrons. The standard InChI is InChI=1S/C26H23Cl2NO4/c1-16(17-6-3-2-4-7-17)29-24(18-10-12-20(27)13-11-18)25(19-8-5-9-21(28)14-19)33-22(26(29)32)15-23(30)31/h2-14,16,22,24-25H,15H2,1H3,(H,30,31)/t16-,22+,24+,25+/m0/s1. The minimum atomic E-state index is -1.12. The fourth-order valence-electron chi connectivity index (χ4n) is 4.32. The van der Waals surface area contributed by atoms with Crippen molar-refractivity contribution in [2.24, 2.45) is 0 Å². The third kappa shape index (κ3) is 5.06. The molecule has 170 valence electrons. The molecule has 7 heteroatoms. The van der Waals surface area contributed by atoms with Crippen molar-refractivity contribution in [3.8, 4) is 0 Å². The van der Waals surface area contributed by atoms with Crippen LogP contribution in [0.5, 0.6) is 0 Å². The third-order valence-corrected chi connectivity index (χ3v) is 6.36. The van der Waals surface area contributed by atoms with Crippen LogP contribution in [0, 0.1) is 0 Å². The van der Waals surface area contributed by atoms with Gasteiger partial charge in [0, 0.05) is 10.0 Å². The highest BCUT2D eigenvalue weighted by Gasteiger charge is 2.46. The number of rotatable bonds is 6. The molecule has 0 aliphatic carbocycles. The first-order valence-corrected chi connectivity index (χ1v) is 11.4. The minimum absolute atomic E-state index is 0.332. The summed E-state index contributed by atoms with van der Waals surface area (Å²) in [5, 5.41) is 10.6. The number of morpholine rings is 1. The van der Waals surface area contributed by atoms with Crippen molar-refractivity contribution in [3.63, 3.8) is 0 Å². The first-order valence-electron chi connectivity index (χ1n) is 10.6. The van der Waals surface area contributed by atoms with Gasteiger partial charge in [-0.2, -0.15) is 0 Å². The average Bonchev–Trinajstić information content (AvgIpc) is 2.80. The predicted molar refractivity (Wildman–Crippen MR) is 127 cm³/mol. The minimum Gasteiger partial charge on any atom is -0.481 e. The number of hydrogen-bond acceptors (Lipinski definition) is 3. The summed E-state index contributed by atoms with van der Waals surface area (Å²) in [6.07, 6.45) is -2.18. The maximum Gasteiger partial charge on any atom is 0.306 e. The number of carboxylic acid groups (broad SMARTS) is 1. The van der Waals surface area contributed by atoms with Crippen LogP contribution >= 0.6 is 23.2 Å². The van der Waals surface area contributed by atoms with Gasteiger partial charge in [0.15, 0.2) is 0 Å². The predicted octanol–water partition coefficient (Wildman–Crippen LogP) is 6.24. The summed E-state index contributed by atoms with van der Waals surface area (Å²) in [6, 6.07) is 23.3. The summed E-state index contributed by atoms with van der Waals surface area (Å²) in [5.41, 5.74) is 2.52. The summed E-state index contributed by atoms with van der Waals surface area (Å²) in [5.74, 6) is -1.47. The van der Waals surface area contributed by atoms with E-state index in [0.717, 1.165) is 16.7 Å². The van der Waals surface area contributed by atoms with Gasteiger partial charge in [0.25, 0.3) is 5.91 Å². The van der Waals surface area contributed by atoms with E-state index in [0.29, 0.717) is 10.0 Å². The molecule has 0 unspecified atom stereocenters. The fourth-order valence-corrected chi connectivity index (χ4v) is 4.64. The monoisotopic (exact) mass is 483 g/mol. The second-order valence-corrected chi connectivity index (χ2v) is 8.90. The Bertz CT molecular complexity index is 1140. The van der Waals surface area contributed by atoms with Gasteiger partial charge in [-0.25, -0.2) is 0 Å². The summed E-state index contributed by atoms with van der Waals surface area (Å²) in [7, 11) is 0. The molecule has 0 aromatic heterocycles. The molecule has 0 saturated carbocycles. The Kier molecular flexibility index (Phi) is 7.03. The van der Waals surface area contributed by atoms with Crippen LogP contribution in [0.4, 0.5) is 0 Å². The maximum atomic E-state index is 13.7. The highest BCUT2D eigenvalue weighted by Crippen LogP contribution is 2.46. The Labute approximate surface area is 202 Å². The van der Waals surface area contributed by atoms with E-state index in [-0.39, 0.29) is 11.9 Å². The lowest BCUT2D eigenvalue weighted by Crippen LogP contribution is -2.52. The summed E-state index contributed by atoms with van der Waals surface area (Å²) < 4.78 is 6.20. The lowest BCUT2D eigenvalue weighted by atomic mass is 9.89. The molecule has 1 N–H and O–H groups in total. The highest BCUT2D eigenvalue weighted by molar-refractivity contribution is 6.30. The molecular weight excluding hydrogens is 461 g/mol. The highest BCUT2D eigenvalue weighted by atomic mass is 35.5. The number of halogens is 2. The fraction of sp³-hybridized carbons (Fsp3) is 0.231. The molecule has 1 heterocycles. The number of amides is 1. The molecule has 1 amide bonds. The van der Waals surface area contributed by atoms with Gasteiger partial charge in [-0.1, -0.05) is 77.8 Å². The lowest BCUT2D eigenvalue weighted by molar-refractivity contribution is -0.183. The summed E-state index contributed by atoms with van der Waals surface area (Å²) in [4.78, 5) is 27.0. The van der Waals surface area contributed by atoms with Crippen LogP contribution in [0.15, 0.2) is 78.9 Å². The molecule has 3 aromatic rings. The van der Waals surface area contributed by atoms with Crippen molar-refractivity contribution in [3.05, 3.63) is 106 Å². The molecule has 4 atom stereocenters. The zero-order valence-corrected chi connectivity index (χ0v) is 19.4. The first kappa shape index (κ1) is 23.3. The van der Waals surface area contributed by atoms with E-state index in [2.05, 4.69) is 0 Å². The Morgan fingerprint density at radius 1 is 0.970 bits per heavy atom. The topological polar surface area (TPSA) is 66.8 Å². The van der Waals surface area contributed by atoms with E-state index in [4.69, 9.17) is 27.9 Å². The Balaban J connectivity index is 1.88. The maximum absolute atomic E-state index is 13.7. The van der Waals surface area contributed by atoms with Gasteiger partial charge in [0.05, 0.1) is 18.5 Å². The zero-order valence-electron chi connectivity index (χ0n) is 17.9. The molecule has 1 aliphatic heterocycles. The number of carbonyl (C=O) groups excluding carboxylic acids is 1. The van der Waals surface area contributed by atoms with Crippen molar-refractivity contribution in [1.82, 2.24) is 4.90 Å². The quantitative estimate of drug-likeness (QED) is 0.450. The van der Waals surface area contributed by atoms with Crippen LogP contribution in [0.3, 0.4) is 0 Å². The van der Waals surface area contributed by atoms with Gasteiger partial charge in [-0.05, 0) is 47.9 Å². The van der Waals surface area contributed by atoms with Gasteiger partial charge < -0.3 is 14.7 Å². The van der Waals surface area contributed by atoms with Crippen LogP contribution in [-0.4, -0.2) is 28.0 Å². The van der Waals surface area contributed by atoms with E-state index in [1.807, 2.05) is 61.5 Å². The van der Waals surface area contributed by atoms with Crippen molar-refractivity contribution in [1.29, 1.82) is 0 Å². The number of ether oxygens (including phenoxy) is 1. The molecular formula is C26H23Cl2NO4. The average molecular weight is 484 g/mol. The summed E-state index contributed by atoms with van der Waals surface area (Å²) >= 11 is 12.4. The normalized spacial score (nSPS) is 21.6. The van der Waals surface area contributed by atoms with Crippen molar-refractivity contribution >= 4 is 35.1 Å². The smallest absolute Gasteiger partial charge is 0.306 e. The molecule has 4 rings (SSSR count). The van der Waals surface area contributed by atoms with E-state index in [9.17, 15) is 14.7 Å². The molecule has 1 aliphatic rings. The zero-order chi connectivity index (χ0) is 23.5. The van der Waals surface area contributed by atoms with Crippen LogP contribution in [-0.2, 0) is 14.3 Å². The Morgan fingerprint density at radius 3 is 2.30 bits per heavy atom. The number of benzene rings is 3. The number of carbonyl (C=O) groups is 2. The van der Waals surface area contributed by atoms with E-state index in [1.54, 1.807) is 29.2 Å². The molecule has 33 heavy (non-hydrogen) atoms. The Hall–Kier alpha value is -2.86. The van der Waals surface area contributed by atoms with Gasteiger partial charge in [0.2, 0.25) is 0 Å². The van der Waals surface area contributed by atoms with Gasteiger partial charge in [-0.15, -0.1) is 0 Å². The van der Waals surface area contributed by atoms with E-state index < -0.39 is 30.6 Å². The lowest BCUT2D eigenvalue weighted by Gasteiger charge is -2.47. The SMILES string of the molecule is C[C@@H](c1ccccc1)N1C(=O)[C@@H](CC(=O)O)O[C@H](c2cccc(Cl)c2)[C@H]1c1ccc(Cl)cc1. The largest absolute Gasteiger partial charge is 0.481 e. The third-order valence-electron chi connectivity index (χ3n) is 5.88. The molecule has 0 spiro atoms. The summed E-state index contributed by atoms with van der Waals surface area (Å²) in [6.45, 7) is 1.94. The molecule has 5 nitrogen and oxygen atoms in total. The second kappa shape index (κ2) is 9.96. The number of nitrogens with zero attached hydrogens (tertiary/aromatic N) is 1. The van der Waals surface area contributed by atoms with Crippen LogP contribution < -0.4 is 0 Å². The van der Waals surface area contributed by atoms with E-state index >= 15 is 0 Å². The first-order chi connectivity index (χ1) is 15.8. The van der Waals surface area contributed by atoms with Crippen LogP contribution in [0.2, 0.25) is 10.0 Å². The van der Waals surface area contributed by atoms with Crippen LogP contribution in [0.1, 0.15) is 48.2 Å². The van der Waals surface area contributed by atoms with Gasteiger partial charge >= 0.3 is 5.97 Å². The van der Waals surface area contributed by atoms with Crippen molar-refractivity contribution in [2.75, 3.05) is 0 Å². The van der Waals surface area contributed by atoms with Gasteiger partial charge in [-0.3, -0.25) is 9.59 Å². The van der Waals surface area contributed by atoms with Gasteiger partial charge in [0.1, 0.15) is 12.2 Å². The number of carboxylic acids is 1. The number of hydrogen-bond donors (Lipinski definition) is 1. The Morgan fingerprint density at radius 2 is 1.67 bits per heavy atom.